The van der Waals surface area contributed by atoms with Crippen LogP contribution in [0.2, 0.25) is 5.02 Å². The van der Waals surface area contributed by atoms with Gasteiger partial charge in [-0.1, -0.05) is 22.9 Å². The zero-order valence-electron chi connectivity index (χ0n) is 13.2. The van der Waals surface area contributed by atoms with Gasteiger partial charge in [-0.25, -0.2) is 18.5 Å². The minimum Gasteiger partial charge on any atom is -0.367 e. The number of rotatable bonds is 3. The molecular weight excluding hydrogens is 413 g/mol. The number of primary sulfonamides is 1. The lowest BCUT2D eigenvalue weighted by molar-refractivity contribution is -0.137. The Labute approximate surface area is 157 Å². The lowest BCUT2D eigenvalue weighted by Gasteiger charge is -2.36. The molecule has 2 N–H and O–H groups in total. The molecule has 6 nitrogen and oxygen atoms in total. The number of thiazole rings is 1. The fraction of sp³-hybridized carbons (Fsp3) is 0.357. The van der Waals surface area contributed by atoms with E-state index in [0.29, 0.717) is 37.0 Å². The van der Waals surface area contributed by atoms with Crippen molar-refractivity contribution in [3.8, 4) is 0 Å². The predicted octanol–water partition coefficient (Wildman–Crippen LogP) is 2.79. The topological polar surface area (TPSA) is 79.5 Å². The highest BCUT2D eigenvalue weighted by Gasteiger charge is 2.31. The van der Waals surface area contributed by atoms with Crippen LogP contribution in [-0.4, -0.2) is 39.6 Å². The van der Waals surface area contributed by atoms with Gasteiger partial charge in [0.2, 0.25) is 10.0 Å². The first-order valence-electron chi connectivity index (χ1n) is 7.41. The molecule has 2 heterocycles. The van der Waals surface area contributed by atoms with E-state index in [9.17, 15) is 21.6 Å². The van der Waals surface area contributed by atoms with Gasteiger partial charge >= 0.3 is 6.18 Å². The standard InChI is InChI=1S/C14H14ClF3N4O2S2/c15-10-7-9(14(16,17)18)1-2-11(10)21-3-5-22(6-4-21)13-20-8-12(25-13)26(19,23)24/h1-2,7-8H,3-6H2,(H2,19,23,24). The summed E-state index contributed by atoms with van der Waals surface area (Å²) in [6.45, 7) is 2.06. The number of aromatic nitrogens is 1. The fourth-order valence-electron chi connectivity index (χ4n) is 2.61. The molecule has 0 radical (unpaired) electrons. The van der Waals surface area contributed by atoms with Crippen molar-refractivity contribution in [2.45, 2.75) is 10.4 Å². The van der Waals surface area contributed by atoms with Gasteiger partial charge in [-0.15, -0.1) is 0 Å². The van der Waals surface area contributed by atoms with Crippen molar-refractivity contribution < 1.29 is 21.6 Å². The van der Waals surface area contributed by atoms with Gasteiger partial charge in [0.15, 0.2) is 9.34 Å². The molecule has 0 bridgehead atoms. The maximum Gasteiger partial charge on any atom is 0.416 e. The van der Waals surface area contributed by atoms with Crippen LogP contribution < -0.4 is 14.9 Å². The minimum atomic E-state index is -4.44. The van der Waals surface area contributed by atoms with Gasteiger partial charge in [-0.2, -0.15) is 13.2 Å². The number of piperazine rings is 1. The summed E-state index contributed by atoms with van der Waals surface area (Å²) in [4.78, 5) is 7.85. The summed E-state index contributed by atoms with van der Waals surface area (Å²) in [5.41, 5.74) is -0.258. The molecule has 2 aromatic rings. The van der Waals surface area contributed by atoms with Crippen molar-refractivity contribution >= 4 is 43.8 Å². The molecule has 1 saturated heterocycles. The summed E-state index contributed by atoms with van der Waals surface area (Å²) in [6.07, 6.45) is -3.22. The molecule has 12 heteroatoms. The van der Waals surface area contributed by atoms with Crippen molar-refractivity contribution in [2.24, 2.45) is 5.14 Å². The highest BCUT2D eigenvalue weighted by atomic mass is 35.5. The number of sulfonamides is 1. The van der Waals surface area contributed by atoms with E-state index in [4.69, 9.17) is 16.7 Å². The molecule has 0 amide bonds. The number of nitrogens with zero attached hydrogens (tertiary/aromatic N) is 3. The average molecular weight is 427 g/mol. The molecule has 0 atom stereocenters. The molecule has 26 heavy (non-hydrogen) atoms. The summed E-state index contributed by atoms with van der Waals surface area (Å²) in [7, 11) is -3.79. The van der Waals surface area contributed by atoms with E-state index in [2.05, 4.69) is 4.98 Å². The summed E-state index contributed by atoms with van der Waals surface area (Å²) in [5.74, 6) is 0. The maximum absolute atomic E-state index is 12.7. The second kappa shape index (κ2) is 6.87. The lowest BCUT2D eigenvalue weighted by Crippen LogP contribution is -2.46. The molecule has 0 saturated carbocycles. The van der Waals surface area contributed by atoms with Gasteiger partial charge < -0.3 is 9.80 Å². The smallest absolute Gasteiger partial charge is 0.367 e. The Morgan fingerprint density at radius 3 is 2.27 bits per heavy atom. The molecule has 1 aromatic heterocycles. The number of alkyl halides is 3. The SMILES string of the molecule is NS(=O)(=O)c1cnc(N2CCN(c3ccc(C(F)(F)F)cc3Cl)CC2)s1. The molecule has 0 unspecified atom stereocenters. The Kier molecular flexibility index (Phi) is 5.08. The van der Waals surface area contributed by atoms with Crippen molar-refractivity contribution in [1.29, 1.82) is 0 Å². The van der Waals surface area contributed by atoms with Gasteiger partial charge in [0.05, 0.1) is 22.5 Å². The molecule has 142 valence electrons. The maximum atomic E-state index is 12.7. The quantitative estimate of drug-likeness (QED) is 0.816. The fourth-order valence-corrected chi connectivity index (χ4v) is 4.50. The van der Waals surface area contributed by atoms with E-state index in [1.54, 1.807) is 0 Å². The highest BCUT2D eigenvalue weighted by Crippen LogP contribution is 2.36. The van der Waals surface area contributed by atoms with Gasteiger partial charge in [-0.3, -0.25) is 0 Å². The first-order chi connectivity index (χ1) is 12.1. The van der Waals surface area contributed by atoms with Crippen LogP contribution in [0.5, 0.6) is 0 Å². The second-order valence-corrected chi connectivity index (χ2v) is 8.85. The Bertz CT molecular complexity index is 909. The third-order valence-electron chi connectivity index (χ3n) is 3.92. The predicted molar refractivity (Wildman–Crippen MR) is 94.4 cm³/mol. The van der Waals surface area contributed by atoms with Crippen LogP contribution in [0.25, 0.3) is 0 Å². The number of halogens is 4. The average Bonchev–Trinajstić information content (AvgIpc) is 3.04. The van der Waals surface area contributed by atoms with Crippen molar-refractivity contribution in [2.75, 3.05) is 36.0 Å². The zero-order chi connectivity index (χ0) is 19.1. The first kappa shape index (κ1) is 19.2. The molecular formula is C14H14ClF3N4O2S2. The normalized spacial score (nSPS) is 16.2. The minimum absolute atomic E-state index is 0.0132. The van der Waals surface area contributed by atoms with Crippen LogP contribution >= 0.6 is 22.9 Å². The number of nitrogens with two attached hydrogens (primary N) is 1. The van der Waals surface area contributed by atoms with Crippen LogP contribution in [0.3, 0.4) is 0 Å². The summed E-state index contributed by atoms with van der Waals surface area (Å²) >= 11 is 7.01. The Morgan fingerprint density at radius 2 is 1.77 bits per heavy atom. The van der Waals surface area contributed by atoms with Crippen LogP contribution in [0, 0.1) is 0 Å². The summed E-state index contributed by atoms with van der Waals surface area (Å²) in [5, 5.41) is 5.65. The molecule has 1 aliphatic rings. The van der Waals surface area contributed by atoms with E-state index in [1.807, 2.05) is 9.80 Å². The van der Waals surface area contributed by atoms with E-state index >= 15 is 0 Å². The largest absolute Gasteiger partial charge is 0.416 e. The molecule has 1 fully saturated rings. The van der Waals surface area contributed by atoms with Crippen LogP contribution in [-0.2, 0) is 16.2 Å². The Balaban J connectivity index is 1.70. The van der Waals surface area contributed by atoms with Gasteiger partial charge in [0, 0.05) is 26.2 Å². The number of anilines is 2. The second-order valence-electron chi connectivity index (χ2n) is 5.64. The van der Waals surface area contributed by atoms with Crippen molar-refractivity contribution in [1.82, 2.24) is 4.98 Å². The van der Waals surface area contributed by atoms with Gasteiger partial charge in [0.1, 0.15) is 0 Å². The van der Waals surface area contributed by atoms with E-state index in [0.717, 1.165) is 23.5 Å². The molecule has 0 aliphatic carbocycles. The van der Waals surface area contributed by atoms with E-state index in [1.165, 1.54) is 12.3 Å². The number of hydrogen-bond acceptors (Lipinski definition) is 6. The first-order valence-corrected chi connectivity index (χ1v) is 10.1. The number of benzene rings is 1. The van der Waals surface area contributed by atoms with Crippen molar-refractivity contribution in [3.63, 3.8) is 0 Å². The van der Waals surface area contributed by atoms with Gasteiger partial charge in [0.25, 0.3) is 0 Å². The molecule has 3 rings (SSSR count). The van der Waals surface area contributed by atoms with Crippen LogP contribution in [0.15, 0.2) is 28.6 Å². The summed E-state index contributed by atoms with van der Waals surface area (Å²) < 4.78 is 60.8. The summed E-state index contributed by atoms with van der Waals surface area (Å²) in [6, 6.07) is 3.29. The van der Waals surface area contributed by atoms with E-state index < -0.39 is 21.8 Å². The molecule has 0 spiro atoms. The number of hydrogen-bond donors (Lipinski definition) is 1. The highest BCUT2D eigenvalue weighted by molar-refractivity contribution is 7.91. The van der Waals surface area contributed by atoms with Gasteiger partial charge in [-0.05, 0) is 18.2 Å². The Morgan fingerprint density at radius 1 is 1.15 bits per heavy atom. The van der Waals surface area contributed by atoms with E-state index in [-0.39, 0.29) is 9.23 Å². The third kappa shape index (κ3) is 4.05. The lowest BCUT2D eigenvalue weighted by atomic mass is 10.1. The van der Waals surface area contributed by atoms with Crippen LogP contribution in [0.4, 0.5) is 24.0 Å². The van der Waals surface area contributed by atoms with Crippen LogP contribution in [0.1, 0.15) is 5.56 Å². The third-order valence-corrected chi connectivity index (χ3v) is 6.69. The Hall–Kier alpha value is -1.56. The molecule has 1 aromatic carbocycles. The molecule has 1 aliphatic heterocycles. The zero-order valence-corrected chi connectivity index (χ0v) is 15.6. The van der Waals surface area contributed by atoms with Crippen molar-refractivity contribution in [3.05, 3.63) is 35.0 Å². The monoisotopic (exact) mass is 426 g/mol.